The van der Waals surface area contributed by atoms with Gasteiger partial charge in [-0.25, -0.2) is 4.39 Å². The van der Waals surface area contributed by atoms with E-state index in [2.05, 4.69) is 11.9 Å². The fraction of sp³-hybridized carbons (Fsp3) is 0. The molecule has 75 valence electrons. The third kappa shape index (κ3) is 2.50. The highest BCUT2D eigenvalue weighted by atomic mass is 32.1. The first-order valence-corrected chi connectivity index (χ1v) is 5.33. The lowest BCUT2D eigenvalue weighted by Crippen LogP contribution is -1.77. The summed E-state index contributed by atoms with van der Waals surface area (Å²) in [7, 11) is 0. The average Bonchev–Trinajstić information content (AvgIpc) is 2.67. The Morgan fingerprint density at radius 1 is 1.47 bits per heavy atom. The van der Waals surface area contributed by atoms with Gasteiger partial charge in [-0.15, -0.1) is 11.3 Å². The van der Waals surface area contributed by atoms with Crippen LogP contribution in [-0.2, 0) is 0 Å². The summed E-state index contributed by atoms with van der Waals surface area (Å²) in [6.07, 6.45) is 3.15. The van der Waals surface area contributed by atoms with Gasteiger partial charge >= 0.3 is 0 Å². The maximum atomic E-state index is 12.5. The molecule has 1 radical (unpaired) electrons. The van der Waals surface area contributed by atoms with Crippen LogP contribution in [0, 0.1) is 6.92 Å². The molecule has 0 saturated heterocycles. The molecular formula is C12H9FNS. The number of thiophene rings is 1. The molecule has 0 fully saturated rings. The van der Waals surface area contributed by atoms with Crippen molar-refractivity contribution in [1.82, 2.24) is 4.98 Å². The van der Waals surface area contributed by atoms with Crippen LogP contribution < -0.4 is 0 Å². The second-order valence-corrected chi connectivity index (χ2v) is 3.99. The molecule has 0 aliphatic heterocycles. The quantitative estimate of drug-likeness (QED) is 0.743. The van der Waals surface area contributed by atoms with Crippen molar-refractivity contribution in [2.24, 2.45) is 0 Å². The third-order valence-corrected chi connectivity index (χ3v) is 2.76. The first-order chi connectivity index (χ1) is 7.25. The zero-order valence-corrected chi connectivity index (χ0v) is 8.80. The lowest BCUT2D eigenvalue weighted by atomic mass is 10.2. The van der Waals surface area contributed by atoms with Crippen molar-refractivity contribution >= 4 is 17.4 Å². The van der Waals surface area contributed by atoms with Crippen LogP contribution in [0.4, 0.5) is 4.39 Å². The fourth-order valence-corrected chi connectivity index (χ4v) is 2.09. The Bertz CT molecular complexity index is 469. The number of rotatable bonds is 2. The molecule has 3 heteroatoms. The molecule has 0 amide bonds. The van der Waals surface area contributed by atoms with Gasteiger partial charge in [-0.2, -0.15) is 0 Å². The minimum atomic E-state index is -0.426. The molecule has 0 N–H and O–H groups in total. The molecule has 0 aliphatic rings. The molecule has 15 heavy (non-hydrogen) atoms. The molecule has 0 saturated carbocycles. The maximum Gasteiger partial charge on any atom is 0.102 e. The Kier molecular flexibility index (Phi) is 2.92. The predicted octanol–water partition coefficient (Wildman–Crippen LogP) is 3.95. The molecule has 1 nitrogen and oxygen atoms in total. The van der Waals surface area contributed by atoms with E-state index in [4.69, 9.17) is 0 Å². The van der Waals surface area contributed by atoms with E-state index in [-0.39, 0.29) is 0 Å². The normalized spacial score (nSPS) is 11.7. The molecule has 0 aliphatic carbocycles. The van der Waals surface area contributed by atoms with Gasteiger partial charge in [0.15, 0.2) is 0 Å². The summed E-state index contributed by atoms with van der Waals surface area (Å²) < 4.78 is 12.5. The SMILES string of the molecule is [CH2]/C(F)=C\c1cc(-c2ccccn2)cs1. The summed E-state index contributed by atoms with van der Waals surface area (Å²) in [6, 6.07) is 7.62. The summed E-state index contributed by atoms with van der Waals surface area (Å²) in [5.41, 5.74) is 1.91. The zero-order valence-electron chi connectivity index (χ0n) is 7.98. The highest BCUT2D eigenvalue weighted by Crippen LogP contribution is 2.25. The van der Waals surface area contributed by atoms with E-state index in [0.717, 1.165) is 16.1 Å². The van der Waals surface area contributed by atoms with Gasteiger partial charge in [0.05, 0.1) is 5.69 Å². The van der Waals surface area contributed by atoms with Crippen LogP contribution in [0.2, 0.25) is 0 Å². The van der Waals surface area contributed by atoms with Crippen LogP contribution in [-0.4, -0.2) is 4.98 Å². The van der Waals surface area contributed by atoms with Crippen molar-refractivity contribution in [3.05, 3.63) is 53.5 Å². The molecule has 2 heterocycles. The highest BCUT2D eigenvalue weighted by molar-refractivity contribution is 7.11. The lowest BCUT2D eigenvalue weighted by molar-refractivity contribution is 0.673. The van der Waals surface area contributed by atoms with Crippen LogP contribution in [0.5, 0.6) is 0 Å². The van der Waals surface area contributed by atoms with E-state index >= 15 is 0 Å². The van der Waals surface area contributed by atoms with Gasteiger partial charge in [0.2, 0.25) is 0 Å². The van der Waals surface area contributed by atoms with E-state index in [1.165, 1.54) is 17.4 Å². The summed E-state index contributed by atoms with van der Waals surface area (Å²) >= 11 is 1.48. The molecule has 2 aromatic rings. The van der Waals surface area contributed by atoms with Crippen molar-refractivity contribution in [3.63, 3.8) is 0 Å². The molecule has 2 aromatic heterocycles. The third-order valence-electron chi connectivity index (χ3n) is 1.88. The Morgan fingerprint density at radius 2 is 2.33 bits per heavy atom. The standard InChI is InChI=1S/C12H9FNS/c1-9(13)6-11-7-10(8-15-11)12-4-2-3-5-14-12/h2-8H,1H2/b9-6+. The largest absolute Gasteiger partial charge is 0.256 e. The number of nitrogens with zero attached hydrogens (tertiary/aromatic N) is 1. The second-order valence-electron chi connectivity index (χ2n) is 3.04. The van der Waals surface area contributed by atoms with Crippen LogP contribution in [0.25, 0.3) is 17.3 Å². The van der Waals surface area contributed by atoms with Gasteiger partial charge in [0.1, 0.15) is 5.83 Å². The average molecular weight is 218 g/mol. The lowest BCUT2D eigenvalue weighted by Gasteiger charge is -1.93. The summed E-state index contributed by atoms with van der Waals surface area (Å²) in [4.78, 5) is 5.07. The first kappa shape index (κ1) is 10.1. The van der Waals surface area contributed by atoms with Gasteiger partial charge in [-0.3, -0.25) is 4.98 Å². The number of aromatic nitrogens is 1. The Morgan fingerprint density at radius 3 is 3.00 bits per heavy atom. The van der Waals surface area contributed by atoms with Gasteiger partial charge in [0.25, 0.3) is 0 Å². The number of pyridine rings is 1. The molecule has 0 atom stereocenters. The molecular weight excluding hydrogens is 209 g/mol. The minimum Gasteiger partial charge on any atom is -0.256 e. The summed E-state index contributed by atoms with van der Waals surface area (Å²) in [5.74, 6) is -0.426. The Labute approximate surface area is 91.9 Å². The zero-order chi connectivity index (χ0) is 10.7. The van der Waals surface area contributed by atoms with E-state index in [1.807, 2.05) is 29.6 Å². The van der Waals surface area contributed by atoms with E-state index < -0.39 is 5.83 Å². The van der Waals surface area contributed by atoms with Gasteiger partial charge in [0, 0.05) is 28.9 Å². The van der Waals surface area contributed by atoms with Crippen LogP contribution >= 0.6 is 11.3 Å². The topological polar surface area (TPSA) is 12.9 Å². The molecule has 0 bridgehead atoms. The molecule has 0 spiro atoms. The highest BCUT2D eigenvalue weighted by Gasteiger charge is 2.01. The second kappa shape index (κ2) is 4.36. The van der Waals surface area contributed by atoms with Crippen molar-refractivity contribution in [2.45, 2.75) is 0 Å². The van der Waals surface area contributed by atoms with Crippen molar-refractivity contribution < 1.29 is 4.39 Å². The number of halogens is 1. The number of hydrogen-bond donors (Lipinski definition) is 0. The summed E-state index contributed by atoms with van der Waals surface area (Å²) in [6.45, 7) is 3.20. The van der Waals surface area contributed by atoms with E-state index in [1.54, 1.807) is 6.20 Å². The maximum absolute atomic E-state index is 12.5. The van der Waals surface area contributed by atoms with Crippen LogP contribution in [0.15, 0.2) is 41.7 Å². The van der Waals surface area contributed by atoms with Crippen molar-refractivity contribution in [3.8, 4) is 11.3 Å². The fourth-order valence-electron chi connectivity index (χ4n) is 1.25. The molecule has 0 unspecified atom stereocenters. The van der Waals surface area contributed by atoms with Gasteiger partial charge < -0.3 is 0 Å². The van der Waals surface area contributed by atoms with Crippen LogP contribution in [0.1, 0.15) is 4.88 Å². The monoisotopic (exact) mass is 218 g/mol. The molecule has 0 aromatic carbocycles. The van der Waals surface area contributed by atoms with Gasteiger partial charge in [-0.1, -0.05) is 6.07 Å². The van der Waals surface area contributed by atoms with Crippen molar-refractivity contribution in [2.75, 3.05) is 0 Å². The first-order valence-electron chi connectivity index (χ1n) is 4.45. The van der Waals surface area contributed by atoms with E-state index in [0.29, 0.717) is 0 Å². The van der Waals surface area contributed by atoms with Crippen LogP contribution in [0.3, 0.4) is 0 Å². The van der Waals surface area contributed by atoms with Crippen molar-refractivity contribution in [1.29, 1.82) is 0 Å². The predicted molar refractivity (Wildman–Crippen MR) is 62.0 cm³/mol. The Balaban J connectivity index is 2.32. The van der Waals surface area contributed by atoms with E-state index in [9.17, 15) is 4.39 Å². The summed E-state index contributed by atoms with van der Waals surface area (Å²) in [5, 5.41) is 1.96. The molecule has 2 rings (SSSR count). The Hall–Kier alpha value is -1.48. The number of allylic oxidation sites excluding steroid dienone is 1. The van der Waals surface area contributed by atoms with Gasteiger partial charge in [-0.05, 0) is 24.3 Å². The number of hydrogen-bond acceptors (Lipinski definition) is 2. The minimum absolute atomic E-state index is 0.426. The smallest absolute Gasteiger partial charge is 0.102 e.